The van der Waals surface area contributed by atoms with Crippen LogP contribution < -0.4 is 11.1 Å². The largest absolute Gasteiger partial charge is 0.398 e. The molecule has 2 bridgehead atoms. The van der Waals surface area contributed by atoms with Gasteiger partial charge in [-0.2, -0.15) is 0 Å². The Balaban J connectivity index is 1.77. The van der Waals surface area contributed by atoms with E-state index in [0.717, 1.165) is 17.5 Å². The van der Waals surface area contributed by atoms with Crippen molar-refractivity contribution >= 4 is 11.4 Å². The first-order chi connectivity index (χ1) is 7.74. The van der Waals surface area contributed by atoms with E-state index in [1.54, 1.807) is 0 Å². The van der Waals surface area contributed by atoms with E-state index >= 15 is 0 Å². The Morgan fingerprint density at radius 1 is 1.25 bits per heavy atom. The van der Waals surface area contributed by atoms with Crippen LogP contribution in [0.1, 0.15) is 31.2 Å². The Bertz CT molecular complexity index is 400. The molecule has 3 unspecified atom stereocenters. The summed E-state index contributed by atoms with van der Waals surface area (Å²) in [6.07, 6.45) is 5.68. The van der Waals surface area contributed by atoms with Gasteiger partial charge < -0.3 is 11.1 Å². The number of benzene rings is 1. The molecule has 2 nitrogen and oxygen atoms in total. The smallest absolute Gasteiger partial charge is 0.0392 e. The van der Waals surface area contributed by atoms with Gasteiger partial charge in [0.2, 0.25) is 0 Å². The molecular formula is C14H20N2. The van der Waals surface area contributed by atoms with E-state index in [2.05, 4.69) is 18.3 Å². The quantitative estimate of drug-likeness (QED) is 0.745. The van der Waals surface area contributed by atoms with Crippen molar-refractivity contribution in [3.63, 3.8) is 0 Å². The van der Waals surface area contributed by atoms with Gasteiger partial charge in [0, 0.05) is 17.4 Å². The molecule has 2 fully saturated rings. The van der Waals surface area contributed by atoms with Crippen LogP contribution in [0.4, 0.5) is 11.4 Å². The van der Waals surface area contributed by atoms with E-state index in [1.165, 1.54) is 36.9 Å². The second kappa shape index (κ2) is 3.69. The minimum atomic E-state index is 0.694. The molecule has 0 radical (unpaired) electrons. The molecule has 2 saturated carbocycles. The maximum absolute atomic E-state index is 5.93. The second-order valence-corrected chi connectivity index (χ2v) is 5.45. The molecule has 0 amide bonds. The third-order valence-corrected chi connectivity index (χ3v) is 4.45. The first kappa shape index (κ1) is 10.0. The molecular weight excluding hydrogens is 196 g/mol. The summed E-state index contributed by atoms with van der Waals surface area (Å²) in [6, 6.07) is 6.86. The topological polar surface area (TPSA) is 38.0 Å². The van der Waals surface area contributed by atoms with E-state index in [0.29, 0.717) is 6.04 Å². The standard InChI is InChI=1S/C14H20N2/c1-9-12(15)3-2-4-13(9)16-14-8-10-5-6-11(14)7-10/h2-4,10-11,14,16H,5-8,15H2,1H3. The number of fused-ring (bicyclic) bond motifs is 2. The van der Waals surface area contributed by atoms with Gasteiger partial charge in [-0.15, -0.1) is 0 Å². The summed E-state index contributed by atoms with van der Waals surface area (Å²) >= 11 is 0. The Morgan fingerprint density at radius 3 is 2.81 bits per heavy atom. The summed E-state index contributed by atoms with van der Waals surface area (Å²) < 4.78 is 0. The number of hydrogen-bond acceptors (Lipinski definition) is 2. The summed E-state index contributed by atoms with van der Waals surface area (Å²) in [5, 5.41) is 3.70. The van der Waals surface area contributed by atoms with Gasteiger partial charge in [0.15, 0.2) is 0 Å². The van der Waals surface area contributed by atoms with Crippen LogP contribution in [0.25, 0.3) is 0 Å². The summed E-state index contributed by atoms with van der Waals surface area (Å²) in [6.45, 7) is 2.10. The number of rotatable bonds is 2. The molecule has 0 aromatic heterocycles. The summed E-state index contributed by atoms with van der Waals surface area (Å²) in [5.74, 6) is 1.90. The molecule has 16 heavy (non-hydrogen) atoms. The van der Waals surface area contributed by atoms with Gasteiger partial charge in [-0.1, -0.05) is 12.5 Å². The Hall–Kier alpha value is -1.18. The first-order valence-electron chi connectivity index (χ1n) is 6.35. The van der Waals surface area contributed by atoms with Gasteiger partial charge in [-0.05, 0) is 55.7 Å². The highest BCUT2D eigenvalue weighted by Crippen LogP contribution is 2.45. The van der Waals surface area contributed by atoms with E-state index in [4.69, 9.17) is 5.73 Å². The monoisotopic (exact) mass is 216 g/mol. The van der Waals surface area contributed by atoms with Crippen molar-refractivity contribution in [3.05, 3.63) is 23.8 Å². The molecule has 0 aliphatic heterocycles. The molecule has 1 aromatic carbocycles. The summed E-state index contributed by atoms with van der Waals surface area (Å²) in [7, 11) is 0. The highest BCUT2D eigenvalue weighted by atomic mass is 14.9. The van der Waals surface area contributed by atoms with Crippen molar-refractivity contribution in [1.82, 2.24) is 0 Å². The SMILES string of the molecule is Cc1c(N)cccc1NC1CC2CCC1C2. The maximum atomic E-state index is 5.93. The van der Waals surface area contributed by atoms with E-state index in [1.807, 2.05) is 12.1 Å². The lowest BCUT2D eigenvalue weighted by Crippen LogP contribution is -2.26. The fourth-order valence-electron chi connectivity index (χ4n) is 3.43. The number of hydrogen-bond donors (Lipinski definition) is 2. The zero-order valence-electron chi connectivity index (χ0n) is 9.87. The second-order valence-electron chi connectivity index (χ2n) is 5.45. The molecule has 86 valence electrons. The number of nitrogens with two attached hydrogens (primary N) is 1. The van der Waals surface area contributed by atoms with Crippen LogP contribution in [0.15, 0.2) is 18.2 Å². The number of nitrogens with one attached hydrogen (secondary N) is 1. The fourth-order valence-corrected chi connectivity index (χ4v) is 3.43. The zero-order chi connectivity index (χ0) is 11.1. The summed E-state index contributed by atoms with van der Waals surface area (Å²) in [5.41, 5.74) is 9.26. The van der Waals surface area contributed by atoms with E-state index < -0.39 is 0 Å². The van der Waals surface area contributed by atoms with Gasteiger partial charge in [-0.25, -0.2) is 0 Å². The molecule has 1 aromatic rings. The Morgan fingerprint density at radius 2 is 2.12 bits per heavy atom. The molecule has 3 rings (SSSR count). The van der Waals surface area contributed by atoms with Crippen LogP contribution in [0.3, 0.4) is 0 Å². The highest BCUT2D eigenvalue weighted by Gasteiger charge is 2.39. The third-order valence-electron chi connectivity index (χ3n) is 4.45. The number of anilines is 2. The highest BCUT2D eigenvalue weighted by molar-refractivity contribution is 5.63. The lowest BCUT2D eigenvalue weighted by molar-refractivity contribution is 0.439. The molecule has 3 N–H and O–H groups in total. The first-order valence-corrected chi connectivity index (χ1v) is 6.35. The van der Waals surface area contributed by atoms with Gasteiger partial charge >= 0.3 is 0 Å². The van der Waals surface area contributed by atoms with Crippen molar-refractivity contribution in [2.24, 2.45) is 11.8 Å². The van der Waals surface area contributed by atoms with Crippen molar-refractivity contribution in [2.45, 2.75) is 38.6 Å². The van der Waals surface area contributed by atoms with Gasteiger partial charge in [-0.3, -0.25) is 0 Å². The average molecular weight is 216 g/mol. The van der Waals surface area contributed by atoms with Crippen LogP contribution in [0, 0.1) is 18.8 Å². The molecule has 0 heterocycles. The predicted molar refractivity (Wildman–Crippen MR) is 68.5 cm³/mol. The van der Waals surface area contributed by atoms with Crippen LogP contribution >= 0.6 is 0 Å². The molecule has 3 atom stereocenters. The minimum absolute atomic E-state index is 0.694. The number of nitrogen functional groups attached to an aromatic ring is 1. The minimum Gasteiger partial charge on any atom is -0.398 e. The predicted octanol–water partition coefficient (Wildman–Crippen LogP) is 3.18. The lowest BCUT2D eigenvalue weighted by Gasteiger charge is -2.25. The fraction of sp³-hybridized carbons (Fsp3) is 0.571. The van der Waals surface area contributed by atoms with Gasteiger partial charge in [0.05, 0.1) is 0 Å². The van der Waals surface area contributed by atoms with Crippen LogP contribution in [0.5, 0.6) is 0 Å². The Labute approximate surface area is 97.2 Å². The van der Waals surface area contributed by atoms with E-state index in [-0.39, 0.29) is 0 Å². The molecule has 0 saturated heterocycles. The lowest BCUT2D eigenvalue weighted by atomic mass is 9.95. The molecule has 2 heteroatoms. The van der Waals surface area contributed by atoms with Gasteiger partial charge in [0.25, 0.3) is 0 Å². The zero-order valence-corrected chi connectivity index (χ0v) is 9.87. The van der Waals surface area contributed by atoms with Crippen LogP contribution in [-0.4, -0.2) is 6.04 Å². The molecule has 2 aliphatic carbocycles. The van der Waals surface area contributed by atoms with Crippen LogP contribution in [-0.2, 0) is 0 Å². The van der Waals surface area contributed by atoms with Crippen molar-refractivity contribution in [1.29, 1.82) is 0 Å². The van der Waals surface area contributed by atoms with E-state index in [9.17, 15) is 0 Å². The summed E-state index contributed by atoms with van der Waals surface area (Å²) in [4.78, 5) is 0. The molecule has 2 aliphatic rings. The molecule has 0 spiro atoms. The Kier molecular flexibility index (Phi) is 2.31. The third kappa shape index (κ3) is 1.57. The van der Waals surface area contributed by atoms with Crippen molar-refractivity contribution < 1.29 is 0 Å². The van der Waals surface area contributed by atoms with Crippen molar-refractivity contribution in [2.75, 3.05) is 11.1 Å². The normalized spacial score (nSPS) is 31.9. The average Bonchev–Trinajstić information content (AvgIpc) is 2.86. The van der Waals surface area contributed by atoms with Crippen molar-refractivity contribution in [3.8, 4) is 0 Å². The van der Waals surface area contributed by atoms with Crippen LogP contribution in [0.2, 0.25) is 0 Å². The maximum Gasteiger partial charge on any atom is 0.0392 e. The van der Waals surface area contributed by atoms with Gasteiger partial charge in [0.1, 0.15) is 0 Å².